The van der Waals surface area contributed by atoms with E-state index in [-0.39, 0.29) is 0 Å². The highest BCUT2D eigenvalue weighted by Gasteiger charge is 2.22. The van der Waals surface area contributed by atoms with Gasteiger partial charge in [-0.05, 0) is 30.3 Å². The van der Waals surface area contributed by atoms with Crippen molar-refractivity contribution in [2.45, 2.75) is 0 Å². The highest BCUT2D eigenvalue weighted by atomic mass is 16.3. The van der Waals surface area contributed by atoms with E-state index in [9.17, 15) is 0 Å². The third-order valence-electron chi connectivity index (χ3n) is 6.55. The van der Waals surface area contributed by atoms with Crippen molar-refractivity contribution in [3.8, 4) is 5.95 Å². The summed E-state index contributed by atoms with van der Waals surface area (Å²) in [6, 6.07) is 24.5. The summed E-state index contributed by atoms with van der Waals surface area (Å²) in [6.45, 7) is 0. The molecule has 8 rings (SSSR count). The highest BCUT2D eigenvalue weighted by Crippen LogP contribution is 2.41. The van der Waals surface area contributed by atoms with Gasteiger partial charge in [0.1, 0.15) is 16.6 Å². The Morgan fingerprint density at radius 3 is 2.41 bits per heavy atom. The zero-order valence-corrected chi connectivity index (χ0v) is 17.8. The van der Waals surface area contributed by atoms with Crippen LogP contribution in [0.4, 0.5) is 0 Å². The van der Waals surface area contributed by atoms with Crippen molar-refractivity contribution in [3.05, 3.63) is 91.4 Å². The number of furan rings is 1. The summed E-state index contributed by atoms with van der Waals surface area (Å²) in [4.78, 5) is 19.0. The van der Waals surface area contributed by atoms with E-state index in [0.717, 1.165) is 65.7 Å². The Morgan fingerprint density at radius 2 is 1.41 bits per heavy atom. The number of rotatable bonds is 1. The summed E-state index contributed by atoms with van der Waals surface area (Å²) in [7, 11) is 0. The van der Waals surface area contributed by atoms with Crippen molar-refractivity contribution in [2.75, 3.05) is 0 Å². The summed E-state index contributed by atoms with van der Waals surface area (Å²) in [5.74, 6) is 0.574. The van der Waals surface area contributed by atoms with Crippen LogP contribution in [-0.2, 0) is 0 Å². The topological polar surface area (TPSA) is 69.6 Å². The molecule has 6 heteroatoms. The SMILES string of the molecule is c1ccc2nc(-n3c4c(ccc5nccnc54)c4ccc5c6ccccc6oc5c43)ncc2c1. The van der Waals surface area contributed by atoms with Crippen LogP contribution in [0.2, 0.25) is 0 Å². The van der Waals surface area contributed by atoms with Gasteiger partial charge in [-0.3, -0.25) is 14.5 Å². The molecular weight excluding hydrogens is 422 g/mol. The van der Waals surface area contributed by atoms with Crippen molar-refractivity contribution in [3.63, 3.8) is 0 Å². The van der Waals surface area contributed by atoms with Crippen LogP contribution in [0.5, 0.6) is 0 Å². The van der Waals surface area contributed by atoms with Crippen molar-refractivity contribution in [1.29, 1.82) is 0 Å². The molecule has 0 N–H and O–H groups in total. The van der Waals surface area contributed by atoms with Gasteiger partial charge in [0.05, 0.1) is 16.6 Å². The molecule has 0 atom stereocenters. The molecule has 0 aliphatic carbocycles. The van der Waals surface area contributed by atoms with E-state index in [1.807, 2.05) is 54.7 Å². The fraction of sp³-hybridized carbons (Fsp3) is 0. The van der Waals surface area contributed by atoms with Crippen LogP contribution in [0.1, 0.15) is 0 Å². The minimum atomic E-state index is 0.574. The van der Waals surface area contributed by atoms with Gasteiger partial charge in [0, 0.05) is 45.5 Å². The largest absolute Gasteiger partial charge is 0.454 e. The van der Waals surface area contributed by atoms with E-state index >= 15 is 0 Å². The molecule has 0 saturated carbocycles. The molecule has 6 nitrogen and oxygen atoms in total. The molecular formula is C28H15N5O. The number of aromatic nitrogens is 5. The highest BCUT2D eigenvalue weighted by molar-refractivity contribution is 6.24. The van der Waals surface area contributed by atoms with E-state index in [4.69, 9.17) is 19.4 Å². The Hall–Kier alpha value is -4.84. The van der Waals surface area contributed by atoms with Crippen molar-refractivity contribution < 1.29 is 4.42 Å². The lowest BCUT2D eigenvalue weighted by atomic mass is 10.1. The molecule has 0 unspecified atom stereocenters. The van der Waals surface area contributed by atoms with Crippen molar-refractivity contribution >= 4 is 65.7 Å². The smallest absolute Gasteiger partial charge is 0.235 e. The van der Waals surface area contributed by atoms with Crippen LogP contribution in [0.15, 0.2) is 95.8 Å². The lowest BCUT2D eigenvalue weighted by Crippen LogP contribution is -2.02. The summed E-state index contributed by atoms with van der Waals surface area (Å²) < 4.78 is 8.53. The van der Waals surface area contributed by atoms with E-state index in [0.29, 0.717) is 5.95 Å². The Kier molecular flexibility index (Phi) is 3.31. The fourth-order valence-electron chi connectivity index (χ4n) is 5.06. The summed E-state index contributed by atoms with van der Waals surface area (Å²) >= 11 is 0. The molecule has 0 saturated heterocycles. The third-order valence-corrected chi connectivity index (χ3v) is 6.55. The molecule has 34 heavy (non-hydrogen) atoms. The van der Waals surface area contributed by atoms with Gasteiger partial charge in [-0.15, -0.1) is 0 Å². The number of nitrogens with zero attached hydrogens (tertiary/aromatic N) is 5. The maximum atomic E-state index is 6.44. The number of para-hydroxylation sites is 2. The van der Waals surface area contributed by atoms with Gasteiger partial charge in [-0.2, -0.15) is 0 Å². The normalized spacial score (nSPS) is 12.1. The second-order valence-electron chi connectivity index (χ2n) is 8.39. The van der Waals surface area contributed by atoms with Crippen molar-refractivity contribution in [2.24, 2.45) is 0 Å². The van der Waals surface area contributed by atoms with Gasteiger partial charge >= 0.3 is 0 Å². The Labute approximate surface area is 192 Å². The zero-order valence-electron chi connectivity index (χ0n) is 17.8. The molecule has 4 aromatic carbocycles. The Morgan fingerprint density at radius 1 is 0.618 bits per heavy atom. The number of hydrogen-bond donors (Lipinski definition) is 0. The van der Waals surface area contributed by atoms with E-state index < -0.39 is 0 Å². The average molecular weight is 437 g/mol. The van der Waals surface area contributed by atoms with Crippen LogP contribution in [0.3, 0.4) is 0 Å². The van der Waals surface area contributed by atoms with Gasteiger partial charge in [-0.1, -0.05) is 42.5 Å². The van der Waals surface area contributed by atoms with Gasteiger partial charge in [-0.25, -0.2) is 9.97 Å². The first-order valence-corrected chi connectivity index (χ1v) is 11.1. The molecule has 8 aromatic rings. The molecule has 0 aliphatic heterocycles. The maximum absolute atomic E-state index is 6.44. The predicted octanol–water partition coefficient (Wildman–Crippen LogP) is 6.57. The molecule has 4 aromatic heterocycles. The van der Waals surface area contributed by atoms with Crippen LogP contribution < -0.4 is 0 Å². The maximum Gasteiger partial charge on any atom is 0.235 e. The van der Waals surface area contributed by atoms with Gasteiger partial charge < -0.3 is 4.42 Å². The van der Waals surface area contributed by atoms with E-state index in [1.54, 1.807) is 12.4 Å². The zero-order chi connectivity index (χ0) is 22.2. The second-order valence-corrected chi connectivity index (χ2v) is 8.39. The Balaban J connectivity index is 1.65. The van der Waals surface area contributed by atoms with E-state index in [1.165, 1.54) is 0 Å². The first kappa shape index (κ1) is 17.7. The van der Waals surface area contributed by atoms with E-state index in [2.05, 4.69) is 33.8 Å². The first-order valence-electron chi connectivity index (χ1n) is 11.1. The van der Waals surface area contributed by atoms with Crippen molar-refractivity contribution in [1.82, 2.24) is 24.5 Å². The summed E-state index contributed by atoms with van der Waals surface area (Å²) in [6.07, 6.45) is 5.30. The van der Waals surface area contributed by atoms with Crippen LogP contribution >= 0.6 is 0 Å². The third kappa shape index (κ3) is 2.24. The minimum absolute atomic E-state index is 0.574. The lowest BCUT2D eigenvalue weighted by molar-refractivity contribution is 0.671. The lowest BCUT2D eigenvalue weighted by Gasteiger charge is -2.08. The molecule has 0 amide bonds. The fourth-order valence-corrected chi connectivity index (χ4v) is 5.06. The average Bonchev–Trinajstić information content (AvgIpc) is 3.44. The Bertz CT molecular complexity index is 2090. The van der Waals surface area contributed by atoms with Crippen LogP contribution in [-0.4, -0.2) is 24.5 Å². The van der Waals surface area contributed by atoms with Gasteiger partial charge in [0.25, 0.3) is 0 Å². The minimum Gasteiger partial charge on any atom is -0.454 e. The molecule has 0 bridgehead atoms. The number of benzene rings is 4. The molecule has 158 valence electrons. The van der Waals surface area contributed by atoms with Gasteiger partial charge in [0.15, 0.2) is 5.58 Å². The molecule has 0 radical (unpaired) electrons. The number of fused-ring (bicyclic) bond motifs is 10. The van der Waals surface area contributed by atoms with Crippen LogP contribution in [0.25, 0.3) is 71.6 Å². The molecule has 4 heterocycles. The van der Waals surface area contributed by atoms with Crippen LogP contribution in [0, 0.1) is 0 Å². The standard InChI is InChI=1S/C28H15N5O/c1-3-7-21-16(5-1)15-31-28(32-21)33-25-18(11-12-22-24(25)30-14-13-29-22)19-9-10-20-17-6-2-4-8-23(17)34-27(20)26(19)33/h1-15H. The summed E-state index contributed by atoms with van der Waals surface area (Å²) in [5, 5.41) is 5.25. The number of hydrogen-bond acceptors (Lipinski definition) is 5. The van der Waals surface area contributed by atoms with Gasteiger partial charge in [0.2, 0.25) is 5.95 Å². The summed E-state index contributed by atoms with van der Waals surface area (Å²) in [5.41, 5.74) is 6.01. The monoisotopic (exact) mass is 437 g/mol. The molecule has 0 fully saturated rings. The molecule has 0 spiro atoms. The predicted molar refractivity (Wildman–Crippen MR) is 134 cm³/mol. The molecule has 0 aliphatic rings. The second kappa shape index (κ2) is 6.36. The quantitative estimate of drug-likeness (QED) is 0.290. The first-order chi connectivity index (χ1) is 16.9.